The van der Waals surface area contributed by atoms with Crippen LogP contribution in [0.3, 0.4) is 0 Å². The van der Waals surface area contributed by atoms with E-state index in [1.807, 2.05) is 7.05 Å². The molecule has 100 valence electrons. The first-order chi connectivity index (χ1) is 8.54. The van der Waals surface area contributed by atoms with Gasteiger partial charge in [0, 0.05) is 24.8 Å². The zero-order chi connectivity index (χ0) is 13.2. The minimum atomic E-state index is 0.0957. The van der Waals surface area contributed by atoms with Gasteiger partial charge in [0.25, 0.3) is 0 Å². The second-order valence-corrected chi connectivity index (χ2v) is 5.65. The third-order valence-corrected chi connectivity index (χ3v) is 3.80. The molecule has 0 fully saturated rings. The molecule has 0 radical (unpaired) electrons. The summed E-state index contributed by atoms with van der Waals surface area (Å²) in [5.41, 5.74) is 2.70. The van der Waals surface area contributed by atoms with Crippen molar-refractivity contribution in [3.05, 3.63) is 23.8 Å². The molecule has 0 spiro atoms. The van der Waals surface area contributed by atoms with Gasteiger partial charge >= 0.3 is 0 Å². The number of rotatable bonds is 4. The highest BCUT2D eigenvalue weighted by Gasteiger charge is 2.23. The standard InChI is InChI=1S/C15H24N2O/c1-15(2,11-16-3)17(4)13-7-8-14-12(10-13)6-5-9-18-14/h7-8,10,16H,5-6,9,11H2,1-4H3. The van der Waals surface area contributed by atoms with Crippen LogP contribution in [0.2, 0.25) is 0 Å². The van der Waals surface area contributed by atoms with Gasteiger partial charge in [-0.25, -0.2) is 0 Å². The van der Waals surface area contributed by atoms with E-state index in [2.05, 4.69) is 49.3 Å². The van der Waals surface area contributed by atoms with Crippen molar-refractivity contribution >= 4 is 5.69 Å². The van der Waals surface area contributed by atoms with Crippen LogP contribution in [0.5, 0.6) is 5.75 Å². The Labute approximate surface area is 110 Å². The second kappa shape index (κ2) is 5.19. The number of nitrogens with one attached hydrogen (secondary N) is 1. The first-order valence-electron chi connectivity index (χ1n) is 6.69. The molecule has 0 bridgehead atoms. The maximum atomic E-state index is 5.66. The topological polar surface area (TPSA) is 24.5 Å². The van der Waals surface area contributed by atoms with E-state index >= 15 is 0 Å². The highest BCUT2D eigenvalue weighted by Crippen LogP contribution is 2.31. The lowest BCUT2D eigenvalue weighted by Crippen LogP contribution is -2.48. The summed E-state index contributed by atoms with van der Waals surface area (Å²) in [6.45, 7) is 6.31. The molecule has 0 saturated heterocycles. The zero-order valence-electron chi connectivity index (χ0n) is 11.9. The number of benzene rings is 1. The van der Waals surface area contributed by atoms with Gasteiger partial charge in [0.1, 0.15) is 5.75 Å². The van der Waals surface area contributed by atoms with Gasteiger partial charge in [-0.2, -0.15) is 0 Å². The lowest BCUT2D eigenvalue weighted by molar-refractivity contribution is 0.288. The fraction of sp³-hybridized carbons (Fsp3) is 0.600. The molecule has 3 heteroatoms. The molecule has 2 rings (SSSR count). The van der Waals surface area contributed by atoms with Crippen LogP contribution in [-0.4, -0.2) is 32.8 Å². The molecular formula is C15H24N2O. The summed E-state index contributed by atoms with van der Waals surface area (Å²) >= 11 is 0. The van der Waals surface area contributed by atoms with Crippen molar-refractivity contribution in [3.63, 3.8) is 0 Å². The predicted octanol–water partition coefficient (Wildman–Crippen LogP) is 2.45. The minimum Gasteiger partial charge on any atom is -0.493 e. The van der Waals surface area contributed by atoms with Crippen LogP contribution in [0.15, 0.2) is 18.2 Å². The lowest BCUT2D eigenvalue weighted by Gasteiger charge is -2.38. The average molecular weight is 248 g/mol. The first kappa shape index (κ1) is 13.2. The summed E-state index contributed by atoms with van der Waals surface area (Å²) in [5, 5.41) is 3.25. The van der Waals surface area contributed by atoms with Gasteiger partial charge in [0.05, 0.1) is 6.61 Å². The van der Waals surface area contributed by atoms with Crippen LogP contribution in [-0.2, 0) is 6.42 Å². The third kappa shape index (κ3) is 2.61. The lowest BCUT2D eigenvalue weighted by atomic mass is 10.0. The smallest absolute Gasteiger partial charge is 0.122 e. The van der Waals surface area contributed by atoms with Gasteiger partial charge in [-0.05, 0) is 57.5 Å². The zero-order valence-corrected chi connectivity index (χ0v) is 11.9. The van der Waals surface area contributed by atoms with E-state index < -0.39 is 0 Å². The van der Waals surface area contributed by atoms with Crippen LogP contribution in [0.25, 0.3) is 0 Å². The van der Waals surface area contributed by atoms with Crippen LogP contribution < -0.4 is 15.0 Å². The normalized spacial score (nSPS) is 14.9. The summed E-state index contributed by atoms with van der Waals surface area (Å²) in [6, 6.07) is 6.53. The van der Waals surface area contributed by atoms with Crippen LogP contribution in [0.4, 0.5) is 5.69 Å². The van der Waals surface area contributed by atoms with Gasteiger partial charge < -0.3 is 15.0 Å². The number of aryl methyl sites for hydroxylation is 1. The van der Waals surface area contributed by atoms with E-state index in [0.29, 0.717) is 0 Å². The predicted molar refractivity (Wildman–Crippen MR) is 76.7 cm³/mol. The summed E-state index contributed by atoms with van der Waals surface area (Å²) in [6.07, 6.45) is 2.25. The van der Waals surface area contributed by atoms with Crippen molar-refractivity contribution in [1.82, 2.24) is 5.32 Å². The highest BCUT2D eigenvalue weighted by molar-refractivity contribution is 5.54. The maximum Gasteiger partial charge on any atom is 0.122 e. The van der Waals surface area contributed by atoms with Crippen molar-refractivity contribution in [2.45, 2.75) is 32.2 Å². The fourth-order valence-electron chi connectivity index (χ4n) is 2.46. The molecule has 0 aromatic heterocycles. The van der Waals surface area contributed by atoms with Crippen molar-refractivity contribution in [1.29, 1.82) is 0 Å². The van der Waals surface area contributed by atoms with Gasteiger partial charge in [-0.15, -0.1) is 0 Å². The molecule has 1 aliphatic heterocycles. The van der Waals surface area contributed by atoms with Crippen LogP contribution in [0.1, 0.15) is 25.8 Å². The molecule has 18 heavy (non-hydrogen) atoms. The van der Waals surface area contributed by atoms with Crippen LogP contribution in [0, 0.1) is 0 Å². The number of ether oxygens (including phenoxy) is 1. The average Bonchev–Trinajstić information content (AvgIpc) is 2.37. The largest absolute Gasteiger partial charge is 0.493 e. The molecule has 0 atom stereocenters. The molecule has 1 heterocycles. The van der Waals surface area contributed by atoms with E-state index in [-0.39, 0.29) is 5.54 Å². The number of fused-ring (bicyclic) bond motifs is 1. The minimum absolute atomic E-state index is 0.0957. The van der Waals surface area contributed by atoms with Crippen molar-refractivity contribution < 1.29 is 4.74 Å². The Bertz CT molecular complexity index is 415. The fourth-order valence-corrected chi connectivity index (χ4v) is 2.46. The number of nitrogens with zero attached hydrogens (tertiary/aromatic N) is 1. The molecule has 1 aromatic carbocycles. The molecule has 0 amide bonds. The number of likely N-dealkylation sites (N-methyl/N-ethyl adjacent to an activating group) is 2. The first-order valence-corrected chi connectivity index (χ1v) is 6.69. The molecule has 1 aliphatic rings. The summed E-state index contributed by atoms with van der Waals surface area (Å²) in [5.74, 6) is 1.06. The van der Waals surface area contributed by atoms with E-state index in [9.17, 15) is 0 Å². The Balaban J connectivity index is 2.23. The van der Waals surface area contributed by atoms with E-state index in [4.69, 9.17) is 4.74 Å². The van der Waals surface area contributed by atoms with Gasteiger partial charge in [0.15, 0.2) is 0 Å². The third-order valence-electron chi connectivity index (χ3n) is 3.80. The molecule has 0 saturated carbocycles. The Morgan fingerprint density at radius 2 is 2.17 bits per heavy atom. The summed E-state index contributed by atoms with van der Waals surface area (Å²) in [7, 11) is 4.15. The van der Waals surface area contributed by atoms with Crippen molar-refractivity contribution in [3.8, 4) is 5.75 Å². The molecule has 0 unspecified atom stereocenters. The number of anilines is 1. The molecule has 1 aromatic rings. The van der Waals surface area contributed by atoms with Crippen molar-refractivity contribution in [2.24, 2.45) is 0 Å². The quantitative estimate of drug-likeness (QED) is 0.886. The Morgan fingerprint density at radius 3 is 2.89 bits per heavy atom. The Hall–Kier alpha value is -1.22. The SMILES string of the molecule is CNCC(C)(C)N(C)c1ccc2c(c1)CCCO2. The number of hydrogen-bond donors (Lipinski definition) is 1. The van der Waals surface area contributed by atoms with E-state index in [1.54, 1.807) is 0 Å². The van der Waals surface area contributed by atoms with Gasteiger partial charge in [0.2, 0.25) is 0 Å². The Kier molecular flexibility index (Phi) is 3.81. The number of hydrogen-bond acceptors (Lipinski definition) is 3. The van der Waals surface area contributed by atoms with Gasteiger partial charge in [-0.1, -0.05) is 0 Å². The maximum absolute atomic E-state index is 5.66. The highest BCUT2D eigenvalue weighted by atomic mass is 16.5. The monoisotopic (exact) mass is 248 g/mol. The summed E-state index contributed by atoms with van der Waals surface area (Å²) < 4.78 is 5.66. The van der Waals surface area contributed by atoms with E-state index in [0.717, 1.165) is 31.7 Å². The van der Waals surface area contributed by atoms with Gasteiger partial charge in [-0.3, -0.25) is 0 Å². The van der Waals surface area contributed by atoms with Crippen LogP contribution >= 0.6 is 0 Å². The molecule has 0 aliphatic carbocycles. The molecule has 1 N–H and O–H groups in total. The summed E-state index contributed by atoms with van der Waals surface area (Å²) in [4.78, 5) is 2.33. The van der Waals surface area contributed by atoms with Crippen molar-refractivity contribution in [2.75, 3.05) is 32.1 Å². The second-order valence-electron chi connectivity index (χ2n) is 5.65. The molecular weight excluding hydrogens is 224 g/mol. The molecule has 3 nitrogen and oxygen atoms in total. The van der Waals surface area contributed by atoms with E-state index in [1.165, 1.54) is 11.3 Å². The Morgan fingerprint density at radius 1 is 1.39 bits per heavy atom.